The van der Waals surface area contributed by atoms with E-state index in [1.807, 2.05) is 6.26 Å². The van der Waals surface area contributed by atoms with Crippen LogP contribution >= 0.6 is 21.6 Å². The lowest BCUT2D eigenvalue weighted by atomic mass is 10.0. The average molecular weight is 222 g/mol. The van der Waals surface area contributed by atoms with Crippen molar-refractivity contribution in [2.75, 3.05) is 13.3 Å². The fourth-order valence-corrected chi connectivity index (χ4v) is 3.39. The highest BCUT2D eigenvalue weighted by Gasteiger charge is 2.26. The van der Waals surface area contributed by atoms with Gasteiger partial charge < -0.3 is 11.1 Å². The third-order valence-corrected chi connectivity index (χ3v) is 4.26. The molecule has 0 saturated carbocycles. The first-order chi connectivity index (χ1) is 6.04. The highest BCUT2D eigenvalue weighted by Crippen LogP contribution is 2.30. The summed E-state index contributed by atoms with van der Waals surface area (Å²) in [6, 6.07) is -0.414. The van der Waals surface area contributed by atoms with Crippen LogP contribution < -0.4 is 11.1 Å². The van der Waals surface area contributed by atoms with Crippen LogP contribution in [0.3, 0.4) is 0 Å². The van der Waals surface area contributed by atoms with Gasteiger partial charge in [0.1, 0.15) is 0 Å². The smallest absolute Gasteiger partial charge is 0.237 e. The number of carbonyl (C=O) groups excluding carboxylic acids is 1. The van der Waals surface area contributed by atoms with Crippen molar-refractivity contribution < 1.29 is 4.79 Å². The normalized spacial score (nSPS) is 15.5. The molecule has 1 amide bonds. The van der Waals surface area contributed by atoms with E-state index in [4.69, 9.17) is 5.73 Å². The molecule has 2 atom stereocenters. The van der Waals surface area contributed by atoms with Crippen molar-refractivity contribution in [2.24, 2.45) is 11.7 Å². The highest BCUT2D eigenvalue weighted by molar-refractivity contribution is 8.76. The maximum Gasteiger partial charge on any atom is 0.237 e. The molecule has 0 aliphatic rings. The molecule has 0 heterocycles. The van der Waals surface area contributed by atoms with Gasteiger partial charge in [0.15, 0.2) is 0 Å². The van der Waals surface area contributed by atoms with E-state index in [-0.39, 0.29) is 11.2 Å². The van der Waals surface area contributed by atoms with Crippen molar-refractivity contribution in [1.82, 2.24) is 5.32 Å². The molecule has 13 heavy (non-hydrogen) atoms. The second-order valence-electron chi connectivity index (χ2n) is 3.11. The van der Waals surface area contributed by atoms with Crippen LogP contribution in [0.2, 0.25) is 0 Å². The Hall–Kier alpha value is 0.130. The van der Waals surface area contributed by atoms with E-state index in [1.165, 1.54) is 0 Å². The molecular weight excluding hydrogens is 204 g/mol. The standard InChI is InChI=1S/C8H18N2OS2/c1-5(2)7(13-12-4)6(9)8(11)10-3/h5-7H,9H2,1-4H3,(H,10,11)/t6-,7+/m0/s1. The van der Waals surface area contributed by atoms with Gasteiger partial charge in [-0.3, -0.25) is 4.79 Å². The van der Waals surface area contributed by atoms with Gasteiger partial charge in [0.25, 0.3) is 0 Å². The molecule has 0 unspecified atom stereocenters. The minimum absolute atomic E-state index is 0.0831. The Morgan fingerprint density at radius 2 is 2.00 bits per heavy atom. The molecule has 0 aromatic rings. The molecular formula is C8H18N2OS2. The minimum Gasteiger partial charge on any atom is -0.358 e. The predicted molar refractivity (Wildman–Crippen MR) is 61.8 cm³/mol. The number of likely N-dealkylation sites (N-methyl/N-ethyl adjacent to an activating group) is 1. The summed E-state index contributed by atoms with van der Waals surface area (Å²) in [5.41, 5.74) is 5.81. The first kappa shape index (κ1) is 13.1. The molecule has 3 N–H and O–H groups in total. The predicted octanol–water partition coefficient (Wildman–Crippen LogP) is 1.10. The van der Waals surface area contributed by atoms with Crippen LogP contribution in [0.15, 0.2) is 0 Å². The summed E-state index contributed by atoms with van der Waals surface area (Å²) < 4.78 is 0. The SMILES string of the molecule is CNC(=O)[C@@H](N)[C@H](SSC)C(C)C. The van der Waals surface area contributed by atoms with Crippen LogP contribution in [-0.4, -0.2) is 30.5 Å². The third-order valence-electron chi connectivity index (χ3n) is 1.77. The van der Waals surface area contributed by atoms with Gasteiger partial charge in [0.2, 0.25) is 5.91 Å². The van der Waals surface area contributed by atoms with E-state index in [2.05, 4.69) is 19.2 Å². The van der Waals surface area contributed by atoms with Crippen LogP contribution in [-0.2, 0) is 4.79 Å². The van der Waals surface area contributed by atoms with Crippen LogP contribution in [0.25, 0.3) is 0 Å². The molecule has 5 heteroatoms. The van der Waals surface area contributed by atoms with Crippen molar-refractivity contribution in [2.45, 2.75) is 25.1 Å². The van der Waals surface area contributed by atoms with Crippen LogP contribution in [0, 0.1) is 5.92 Å². The lowest BCUT2D eigenvalue weighted by Crippen LogP contribution is -2.47. The van der Waals surface area contributed by atoms with E-state index in [0.717, 1.165) is 0 Å². The van der Waals surface area contributed by atoms with Gasteiger partial charge in [-0.1, -0.05) is 35.4 Å². The molecule has 0 aliphatic carbocycles. The zero-order valence-electron chi connectivity index (χ0n) is 8.53. The number of hydrogen-bond acceptors (Lipinski definition) is 4. The Morgan fingerprint density at radius 3 is 2.31 bits per heavy atom. The zero-order valence-corrected chi connectivity index (χ0v) is 10.2. The van der Waals surface area contributed by atoms with Crippen molar-refractivity contribution in [1.29, 1.82) is 0 Å². The Morgan fingerprint density at radius 1 is 1.46 bits per heavy atom. The summed E-state index contributed by atoms with van der Waals surface area (Å²) in [5.74, 6) is 0.324. The molecule has 0 saturated heterocycles. The molecule has 0 radical (unpaired) electrons. The van der Waals surface area contributed by atoms with Gasteiger partial charge in [-0.25, -0.2) is 0 Å². The third kappa shape index (κ3) is 4.24. The Balaban J connectivity index is 4.26. The molecule has 0 aromatic carbocycles. The summed E-state index contributed by atoms with van der Waals surface area (Å²) in [6.45, 7) is 4.16. The molecule has 0 spiro atoms. The van der Waals surface area contributed by atoms with E-state index < -0.39 is 6.04 Å². The van der Waals surface area contributed by atoms with Gasteiger partial charge in [0.05, 0.1) is 6.04 Å². The molecule has 78 valence electrons. The largest absolute Gasteiger partial charge is 0.358 e. The summed E-state index contributed by atoms with van der Waals surface area (Å²) in [6.07, 6.45) is 2.00. The van der Waals surface area contributed by atoms with Crippen molar-refractivity contribution >= 4 is 27.5 Å². The monoisotopic (exact) mass is 222 g/mol. The quantitative estimate of drug-likeness (QED) is 0.684. The van der Waals surface area contributed by atoms with Crippen LogP contribution in [0.5, 0.6) is 0 Å². The number of nitrogens with one attached hydrogen (secondary N) is 1. The fourth-order valence-electron chi connectivity index (χ4n) is 1.01. The van der Waals surface area contributed by atoms with E-state index >= 15 is 0 Å². The van der Waals surface area contributed by atoms with Gasteiger partial charge in [0, 0.05) is 12.3 Å². The second kappa shape index (κ2) is 6.56. The summed E-state index contributed by atoms with van der Waals surface area (Å²) in [4.78, 5) is 11.3. The van der Waals surface area contributed by atoms with E-state index in [9.17, 15) is 4.79 Å². The Kier molecular flexibility index (Phi) is 6.63. The number of nitrogens with two attached hydrogens (primary N) is 1. The Labute approximate surface area is 88.0 Å². The molecule has 0 aliphatic heterocycles. The molecule has 0 fully saturated rings. The van der Waals surface area contributed by atoms with Crippen molar-refractivity contribution in [3.05, 3.63) is 0 Å². The van der Waals surface area contributed by atoms with Crippen LogP contribution in [0.4, 0.5) is 0 Å². The minimum atomic E-state index is -0.414. The maximum absolute atomic E-state index is 11.3. The summed E-state index contributed by atoms with van der Waals surface area (Å²) in [5, 5.41) is 2.75. The Bertz CT molecular complexity index is 164. The average Bonchev–Trinajstić information content (AvgIpc) is 2.11. The fraction of sp³-hybridized carbons (Fsp3) is 0.875. The summed E-state index contributed by atoms with van der Waals surface area (Å²) >= 11 is 0. The molecule has 0 aromatic heterocycles. The number of rotatable bonds is 5. The maximum atomic E-state index is 11.3. The number of amides is 1. The topological polar surface area (TPSA) is 55.1 Å². The van der Waals surface area contributed by atoms with Gasteiger partial charge in [-0.15, -0.1) is 0 Å². The van der Waals surface area contributed by atoms with E-state index in [0.29, 0.717) is 5.92 Å². The van der Waals surface area contributed by atoms with Crippen molar-refractivity contribution in [3.63, 3.8) is 0 Å². The lowest BCUT2D eigenvalue weighted by molar-refractivity contribution is -0.122. The van der Waals surface area contributed by atoms with Gasteiger partial charge in [-0.05, 0) is 12.2 Å². The lowest BCUT2D eigenvalue weighted by Gasteiger charge is -2.24. The zero-order chi connectivity index (χ0) is 10.4. The summed E-state index contributed by atoms with van der Waals surface area (Å²) in [7, 11) is 4.93. The van der Waals surface area contributed by atoms with Crippen molar-refractivity contribution in [3.8, 4) is 0 Å². The highest BCUT2D eigenvalue weighted by atomic mass is 33.1. The second-order valence-corrected chi connectivity index (χ2v) is 5.76. The number of carbonyl (C=O) groups is 1. The number of hydrogen-bond donors (Lipinski definition) is 2. The molecule has 0 rings (SSSR count). The van der Waals surface area contributed by atoms with Gasteiger partial charge >= 0.3 is 0 Å². The van der Waals surface area contributed by atoms with E-state index in [1.54, 1.807) is 28.6 Å². The first-order valence-electron chi connectivity index (χ1n) is 4.21. The van der Waals surface area contributed by atoms with Gasteiger partial charge in [-0.2, -0.15) is 0 Å². The first-order valence-corrected chi connectivity index (χ1v) is 6.83. The molecule has 0 bridgehead atoms. The van der Waals surface area contributed by atoms with Crippen LogP contribution in [0.1, 0.15) is 13.8 Å². The molecule has 3 nitrogen and oxygen atoms in total.